The lowest BCUT2D eigenvalue weighted by atomic mass is 9.79. The summed E-state index contributed by atoms with van der Waals surface area (Å²) < 4.78 is 39.2. The van der Waals surface area contributed by atoms with E-state index in [4.69, 9.17) is 9.47 Å². The van der Waals surface area contributed by atoms with Crippen molar-refractivity contribution in [3.63, 3.8) is 0 Å². The van der Waals surface area contributed by atoms with Crippen LogP contribution < -0.4 is 14.2 Å². The van der Waals surface area contributed by atoms with E-state index in [9.17, 15) is 8.42 Å². The molecule has 28 heavy (non-hydrogen) atoms. The van der Waals surface area contributed by atoms with Crippen molar-refractivity contribution in [2.75, 3.05) is 33.4 Å². The molecule has 4 rings (SSSR count). The number of ether oxygens (including phenoxy) is 2. The first kappa shape index (κ1) is 19.2. The third-order valence-corrected chi connectivity index (χ3v) is 7.23. The summed E-state index contributed by atoms with van der Waals surface area (Å²) in [4.78, 5) is 2.63. The summed E-state index contributed by atoms with van der Waals surface area (Å²) >= 11 is 0. The van der Waals surface area contributed by atoms with Gasteiger partial charge < -0.3 is 9.47 Å². The van der Waals surface area contributed by atoms with E-state index in [1.807, 2.05) is 12.1 Å². The standard InChI is InChI=1S/C21H26N2O4S/c1-26-18-8-6-17(7-9-18)14-23-12-10-21(11-13-23)15-22-28(24,25)20-5-3-2-4-19(20)27-16-21/h2-9,22H,10-16H2,1H3. The number of nitrogens with zero attached hydrogens (tertiary/aromatic N) is 1. The second-order valence-electron chi connectivity index (χ2n) is 7.68. The minimum atomic E-state index is -3.55. The Morgan fingerprint density at radius 2 is 1.82 bits per heavy atom. The summed E-state index contributed by atoms with van der Waals surface area (Å²) in [6.07, 6.45) is 1.79. The largest absolute Gasteiger partial charge is 0.497 e. The average molecular weight is 403 g/mol. The van der Waals surface area contributed by atoms with Crippen molar-refractivity contribution in [1.29, 1.82) is 0 Å². The molecule has 2 aliphatic rings. The molecule has 0 aromatic heterocycles. The van der Waals surface area contributed by atoms with Crippen LogP contribution in [0.1, 0.15) is 18.4 Å². The highest BCUT2D eigenvalue weighted by Gasteiger charge is 2.38. The maximum Gasteiger partial charge on any atom is 0.244 e. The minimum Gasteiger partial charge on any atom is -0.497 e. The summed E-state index contributed by atoms with van der Waals surface area (Å²) in [7, 11) is -1.88. The van der Waals surface area contributed by atoms with Crippen molar-refractivity contribution in [2.24, 2.45) is 5.41 Å². The van der Waals surface area contributed by atoms with Gasteiger partial charge in [0.05, 0.1) is 13.7 Å². The highest BCUT2D eigenvalue weighted by Crippen LogP contribution is 2.36. The molecule has 1 spiro atoms. The molecule has 2 heterocycles. The molecule has 1 saturated heterocycles. The van der Waals surface area contributed by atoms with Gasteiger partial charge in [-0.15, -0.1) is 0 Å². The fraction of sp³-hybridized carbons (Fsp3) is 0.429. The van der Waals surface area contributed by atoms with E-state index < -0.39 is 10.0 Å². The molecule has 1 N–H and O–H groups in total. The predicted molar refractivity (Wildman–Crippen MR) is 107 cm³/mol. The fourth-order valence-corrected chi connectivity index (χ4v) is 5.20. The van der Waals surface area contributed by atoms with Gasteiger partial charge >= 0.3 is 0 Å². The number of rotatable bonds is 3. The molecule has 2 aromatic rings. The Labute approximate surface area is 166 Å². The van der Waals surface area contributed by atoms with E-state index in [0.29, 0.717) is 18.9 Å². The SMILES string of the molecule is COc1ccc(CN2CCC3(CC2)CNS(=O)(=O)c2ccccc2OC3)cc1. The van der Waals surface area contributed by atoms with Gasteiger partial charge in [-0.1, -0.05) is 24.3 Å². The fourth-order valence-electron chi connectivity index (χ4n) is 3.89. The molecule has 0 aliphatic carbocycles. The lowest BCUT2D eigenvalue weighted by Crippen LogP contribution is -2.49. The van der Waals surface area contributed by atoms with E-state index in [0.717, 1.165) is 38.2 Å². The number of fused-ring (bicyclic) bond motifs is 1. The molecule has 2 aromatic carbocycles. The summed E-state index contributed by atoms with van der Waals surface area (Å²) in [6.45, 7) is 3.66. The lowest BCUT2D eigenvalue weighted by molar-refractivity contribution is 0.0523. The van der Waals surface area contributed by atoms with Gasteiger partial charge in [0.1, 0.15) is 16.4 Å². The van der Waals surface area contributed by atoms with Crippen LogP contribution >= 0.6 is 0 Å². The molecule has 0 bridgehead atoms. The number of piperidine rings is 1. The Balaban J connectivity index is 1.42. The number of likely N-dealkylation sites (tertiary alicyclic amines) is 1. The smallest absolute Gasteiger partial charge is 0.244 e. The van der Waals surface area contributed by atoms with Gasteiger partial charge in [0.25, 0.3) is 0 Å². The zero-order valence-corrected chi connectivity index (χ0v) is 16.9. The van der Waals surface area contributed by atoms with Gasteiger partial charge in [-0.3, -0.25) is 4.90 Å². The van der Waals surface area contributed by atoms with Gasteiger partial charge in [-0.05, 0) is 55.8 Å². The Hall–Kier alpha value is -2.09. The molecule has 0 saturated carbocycles. The molecule has 2 aliphatic heterocycles. The maximum atomic E-state index is 12.6. The lowest BCUT2D eigenvalue weighted by Gasteiger charge is -2.42. The molecule has 7 heteroatoms. The van der Waals surface area contributed by atoms with Gasteiger partial charge in [0, 0.05) is 18.5 Å². The number of methoxy groups -OCH3 is 1. The van der Waals surface area contributed by atoms with Crippen LogP contribution in [0.3, 0.4) is 0 Å². The summed E-state index contributed by atoms with van der Waals surface area (Å²) in [5.41, 5.74) is 1.08. The molecule has 6 nitrogen and oxygen atoms in total. The number of benzene rings is 2. The molecule has 0 radical (unpaired) electrons. The Morgan fingerprint density at radius 3 is 2.54 bits per heavy atom. The molecule has 150 valence electrons. The minimum absolute atomic E-state index is 0.170. The molecule has 0 amide bonds. The van der Waals surface area contributed by atoms with Crippen molar-refractivity contribution in [3.8, 4) is 11.5 Å². The average Bonchev–Trinajstić information content (AvgIpc) is 2.72. The molecule has 0 unspecified atom stereocenters. The van der Waals surface area contributed by atoms with Gasteiger partial charge in [0.15, 0.2) is 0 Å². The van der Waals surface area contributed by atoms with Crippen molar-refractivity contribution >= 4 is 10.0 Å². The summed E-state index contributed by atoms with van der Waals surface area (Å²) in [6, 6.07) is 15.0. The van der Waals surface area contributed by atoms with Crippen LogP contribution in [0.5, 0.6) is 11.5 Å². The monoisotopic (exact) mass is 402 g/mol. The van der Waals surface area contributed by atoms with Crippen LogP contribution in [0.25, 0.3) is 0 Å². The van der Waals surface area contributed by atoms with Crippen molar-refractivity contribution in [1.82, 2.24) is 9.62 Å². The van der Waals surface area contributed by atoms with E-state index >= 15 is 0 Å². The first-order valence-electron chi connectivity index (χ1n) is 9.57. The normalized spacial score (nSPS) is 21.2. The Bertz CT molecular complexity index is 920. The number of sulfonamides is 1. The highest BCUT2D eigenvalue weighted by molar-refractivity contribution is 7.89. The number of hydrogen-bond acceptors (Lipinski definition) is 5. The van der Waals surface area contributed by atoms with Gasteiger partial charge in [-0.2, -0.15) is 0 Å². The Kier molecular flexibility index (Phi) is 5.31. The van der Waals surface area contributed by atoms with E-state index in [1.54, 1.807) is 31.4 Å². The number of para-hydroxylation sites is 1. The second kappa shape index (κ2) is 7.73. The molecular weight excluding hydrogens is 376 g/mol. The van der Waals surface area contributed by atoms with Crippen molar-refractivity contribution in [2.45, 2.75) is 24.3 Å². The van der Waals surface area contributed by atoms with Crippen LogP contribution in [0.2, 0.25) is 0 Å². The maximum absolute atomic E-state index is 12.6. The van der Waals surface area contributed by atoms with E-state index in [1.165, 1.54) is 5.56 Å². The van der Waals surface area contributed by atoms with Gasteiger partial charge in [-0.25, -0.2) is 13.1 Å². The van der Waals surface area contributed by atoms with Crippen LogP contribution in [0.4, 0.5) is 0 Å². The highest BCUT2D eigenvalue weighted by atomic mass is 32.2. The molecule has 1 fully saturated rings. The van der Waals surface area contributed by atoms with Crippen LogP contribution in [-0.2, 0) is 16.6 Å². The quantitative estimate of drug-likeness (QED) is 0.855. The Morgan fingerprint density at radius 1 is 1.11 bits per heavy atom. The second-order valence-corrected chi connectivity index (χ2v) is 9.42. The summed E-state index contributed by atoms with van der Waals surface area (Å²) in [5, 5.41) is 0. The first-order chi connectivity index (χ1) is 13.5. The van der Waals surface area contributed by atoms with Crippen LogP contribution in [-0.4, -0.2) is 46.7 Å². The predicted octanol–water partition coefficient (Wildman–Crippen LogP) is 2.65. The van der Waals surface area contributed by atoms with Crippen molar-refractivity contribution < 1.29 is 17.9 Å². The first-order valence-corrected chi connectivity index (χ1v) is 11.0. The van der Waals surface area contributed by atoms with E-state index in [-0.39, 0.29) is 10.3 Å². The van der Waals surface area contributed by atoms with Crippen LogP contribution in [0.15, 0.2) is 53.4 Å². The third-order valence-electron chi connectivity index (χ3n) is 5.79. The third kappa shape index (κ3) is 4.01. The zero-order chi connectivity index (χ0) is 19.6. The summed E-state index contributed by atoms with van der Waals surface area (Å²) in [5.74, 6) is 1.30. The molecular formula is C21H26N2O4S. The topological polar surface area (TPSA) is 67.9 Å². The zero-order valence-electron chi connectivity index (χ0n) is 16.1. The van der Waals surface area contributed by atoms with Crippen LogP contribution in [0, 0.1) is 5.41 Å². The van der Waals surface area contributed by atoms with Gasteiger partial charge in [0.2, 0.25) is 10.0 Å². The van der Waals surface area contributed by atoms with E-state index in [2.05, 4.69) is 21.8 Å². The van der Waals surface area contributed by atoms with Crippen molar-refractivity contribution in [3.05, 3.63) is 54.1 Å². The number of nitrogens with one attached hydrogen (secondary N) is 1. The molecule has 0 atom stereocenters. The number of hydrogen-bond donors (Lipinski definition) is 1.